The van der Waals surface area contributed by atoms with Crippen LogP contribution < -0.4 is 0 Å². The number of β-amino-alcohol motifs (C(OH)–C–C–N with tert-alkyl or cyclic N) is 1. The van der Waals surface area contributed by atoms with Crippen LogP contribution in [0.5, 0.6) is 0 Å². The third-order valence-corrected chi connectivity index (χ3v) is 10.9. The fraction of sp³-hybridized carbons (Fsp3) is 0.333. The predicted molar refractivity (Wildman–Crippen MR) is 137 cm³/mol. The molecule has 3 aromatic carbocycles. The van der Waals surface area contributed by atoms with Crippen LogP contribution in [0.2, 0.25) is 0 Å². The van der Waals surface area contributed by atoms with Gasteiger partial charge in [-0.15, -0.1) is 11.6 Å². The van der Waals surface area contributed by atoms with Crippen molar-refractivity contribution in [3.63, 3.8) is 0 Å². The van der Waals surface area contributed by atoms with Crippen LogP contribution >= 0.6 is 23.2 Å². The molecular weight excluding hydrogens is 489 g/mol. The summed E-state index contributed by atoms with van der Waals surface area (Å²) in [6.45, 7) is 1.97. The van der Waals surface area contributed by atoms with Gasteiger partial charge in [-0.05, 0) is 53.8 Å². The molecule has 0 radical (unpaired) electrons. The molecule has 1 N–H and O–H groups in total. The lowest BCUT2D eigenvalue weighted by atomic mass is 9.56. The Balaban J connectivity index is 1.59. The van der Waals surface area contributed by atoms with Crippen LogP contribution in [0.25, 0.3) is 15.8 Å². The molecule has 2 fully saturated rings. The highest BCUT2D eigenvalue weighted by Gasteiger charge is 2.66. The van der Waals surface area contributed by atoms with Gasteiger partial charge in [0.2, 0.25) is 10.0 Å². The van der Waals surface area contributed by atoms with E-state index >= 15 is 0 Å². The minimum Gasteiger partial charge on any atom is -0.386 e. The van der Waals surface area contributed by atoms with Gasteiger partial charge in [0.1, 0.15) is 5.60 Å². The zero-order valence-electron chi connectivity index (χ0n) is 18.8. The van der Waals surface area contributed by atoms with Gasteiger partial charge >= 0.3 is 0 Å². The maximum Gasteiger partial charge on any atom is 0.243 e. The summed E-state index contributed by atoms with van der Waals surface area (Å²) in [5.41, 5.74) is 1.32. The van der Waals surface area contributed by atoms with Gasteiger partial charge in [-0.1, -0.05) is 72.1 Å². The zero-order chi connectivity index (χ0) is 23.9. The standard InChI is InChI=1S/C27H25Cl2NO3S/c1-17-8-11-19(12-9-17)34(32,33)30-15-22-25(29)24-20-6-3-2-5-18(20)10-13-21(24)26(22)14-4-7-23(28)27(26,31)16-30/h2-3,5-6,8-13,23,31H,4,7,14-16H2,1H3/t23-,26+,27+/m1/s1. The number of aliphatic hydroxyl groups is 1. The maximum absolute atomic E-state index is 13.7. The Bertz CT molecular complexity index is 1470. The topological polar surface area (TPSA) is 57.6 Å². The summed E-state index contributed by atoms with van der Waals surface area (Å²) in [5, 5.41) is 14.4. The van der Waals surface area contributed by atoms with Gasteiger partial charge < -0.3 is 5.11 Å². The van der Waals surface area contributed by atoms with Crippen molar-refractivity contribution in [1.29, 1.82) is 0 Å². The molecule has 3 atom stereocenters. The van der Waals surface area contributed by atoms with Gasteiger partial charge in [-0.25, -0.2) is 8.42 Å². The molecule has 0 unspecified atom stereocenters. The van der Waals surface area contributed by atoms with Gasteiger partial charge in [0.25, 0.3) is 0 Å². The summed E-state index contributed by atoms with van der Waals surface area (Å²) < 4.78 is 28.8. The van der Waals surface area contributed by atoms with Crippen molar-refractivity contribution >= 4 is 49.0 Å². The average molecular weight is 514 g/mol. The SMILES string of the molecule is Cc1ccc(S(=O)(=O)N2CC3=C(Cl)c4c(ccc5ccccc45)[C@@]34CCC[C@@H](Cl)[C@@]4(O)C2)cc1. The number of rotatable bonds is 2. The summed E-state index contributed by atoms with van der Waals surface area (Å²) in [6, 6.07) is 18.9. The van der Waals surface area contributed by atoms with Crippen molar-refractivity contribution in [2.24, 2.45) is 0 Å². The van der Waals surface area contributed by atoms with Crippen molar-refractivity contribution in [2.45, 2.75) is 47.5 Å². The molecule has 3 aromatic rings. The van der Waals surface area contributed by atoms with E-state index in [1.165, 1.54) is 4.31 Å². The van der Waals surface area contributed by atoms with Crippen LogP contribution in [0.3, 0.4) is 0 Å². The fourth-order valence-electron chi connectivity index (χ4n) is 6.38. The number of sulfonamides is 1. The van der Waals surface area contributed by atoms with E-state index in [2.05, 4.69) is 12.1 Å². The molecule has 0 amide bonds. The molecule has 7 heteroatoms. The van der Waals surface area contributed by atoms with E-state index in [0.717, 1.165) is 39.5 Å². The Kier molecular flexibility index (Phi) is 5.01. The summed E-state index contributed by atoms with van der Waals surface area (Å²) >= 11 is 14.0. The van der Waals surface area contributed by atoms with Gasteiger partial charge in [0.15, 0.2) is 0 Å². The Morgan fingerprint density at radius 3 is 2.56 bits per heavy atom. The van der Waals surface area contributed by atoms with Gasteiger partial charge in [-0.2, -0.15) is 4.31 Å². The van der Waals surface area contributed by atoms with E-state index in [4.69, 9.17) is 23.2 Å². The van der Waals surface area contributed by atoms with Crippen LogP contribution in [0.1, 0.15) is 36.0 Å². The van der Waals surface area contributed by atoms with E-state index in [9.17, 15) is 13.5 Å². The molecule has 0 aromatic heterocycles. The number of fused-ring (bicyclic) bond motifs is 3. The summed E-state index contributed by atoms with van der Waals surface area (Å²) in [7, 11) is -3.86. The Labute approximate surface area is 209 Å². The quantitative estimate of drug-likeness (QED) is 0.455. The van der Waals surface area contributed by atoms with Gasteiger partial charge in [0.05, 0.1) is 20.7 Å². The smallest absolute Gasteiger partial charge is 0.243 e. The highest BCUT2D eigenvalue weighted by molar-refractivity contribution is 7.89. The van der Waals surface area contributed by atoms with Crippen LogP contribution in [0.15, 0.2) is 71.1 Å². The van der Waals surface area contributed by atoms with E-state index in [1.807, 2.05) is 31.2 Å². The first-order valence-electron chi connectivity index (χ1n) is 11.6. The van der Waals surface area contributed by atoms with Crippen molar-refractivity contribution in [1.82, 2.24) is 4.31 Å². The molecule has 3 aliphatic rings. The van der Waals surface area contributed by atoms with E-state index < -0.39 is 26.4 Å². The molecule has 1 saturated heterocycles. The third-order valence-electron chi connectivity index (χ3n) is 8.07. The molecule has 4 nitrogen and oxygen atoms in total. The summed E-state index contributed by atoms with van der Waals surface area (Å²) in [4.78, 5) is 0.203. The number of piperidine rings is 1. The largest absolute Gasteiger partial charge is 0.386 e. The van der Waals surface area contributed by atoms with E-state index in [1.54, 1.807) is 24.3 Å². The first-order valence-corrected chi connectivity index (χ1v) is 13.8. The lowest BCUT2D eigenvalue weighted by Gasteiger charge is -2.57. The Hall–Kier alpha value is -1.89. The van der Waals surface area contributed by atoms with Crippen molar-refractivity contribution in [3.8, 4) is 0 Å². The van der Waals surface area contributed by atoms with Crippen molar-refractivity contribution in [2.75, 3.05) is 13.1 Å². The molecule has 6 rings (SSSR count). The van der Waals surface area contributed by atoms with Crippen LogP contribution in [-0.2, 0) is 15.4 Å². The molecule has 176 valence electrons. The molecular formula is C27H25Cl2NO3S. The normalized spacial score (nSPS) is 29.1. The van der Waals surface area contributed by atoms with Crippen LogP contribution in [-0.4, -0.2) is 41.9 Å². The second-order valence-electron chi connectivity index (χ2n) is 9.78. The second kappa shape index (κ2) is 7.55. The zero-order valence-corrected chi connectivity index (χ0v) is 21.1. The first kappa shape index (κ1) is 22.6. The predicted octanol–water partition coefficient (Wildman–Crippen LogP) is 5.58. The van der Waals surface area contributed by atoms with Crippen molar-refractivity contribution < 1.29 is 13.5 Å². The number of hydrogen-bond donors (Lipinski definition) is 1. The maximum atomic E-state index is 13.7. The average Bonchev–Trinajstić information content (AvgIpc) is 3.08. The number of hydrogen-bond acceptors (Lipinski definition) is 3. The van der Waals surface area contributed by atoms with Crippen LogP contribution in [0, 0.1) is 6.92 Å². The number of aryl methyl sites for hydroxylation is 1. The van der Waals surface area contributed by atoms with E-state index in [0.29, 0.717) is 17.9 Å². The second-order valence-corrected chi connectivity index (χ2v) is 12.6. The number of halogens is 2. The minimum atomic E-state index is -3.86. The molecule has 34 heavy (non-hydrogen) atoms. The van der Waals surface area contributed by atoms with E-state index in [-0.39, 0.29) is 18.0 Å². The molecule has 1 aliphatic heterocycles. The minimum absolute atomic E-state index is 0.0721. The Morgan fingerprint density at radius 1 is 1.06 bits per heavy atom. The Morgan fingerprint density at radius 2 is 1.79 bits per heavy atom. The van der Waals surface area contributed by atoms with Gasteiger partial charge in [-0.3, -0.25) is 0 Å². The fourth-order valence-corrected chi connectivity index (χ4v) is 8.66. The molecule has 2 aliphatic carbocycles. The van der Waals surface area contributed by atoms with Crippen molar-refractivity contribution in [3.05, 3.63) is 82.9 Å². The monoisotopic (exact) mass is 513 g/mol. The summed E-state index contributed by atoms with van der Waals surface area (Å²) in [5.74, 6) is 0. The van der Waals surface area contributed by atoms with Crippen LogP contribution in [0.4, 0.5) is 0 Å². The van der Waals surface area contributed by atoms with Gasteiger partial charge in [0, 0.05) is 18.7 Å². The number of alkyl halides is 1. The molecule has 1 saturated carbocycles. The molecule has 0 bridgehead atoms. The molecule has 1 heterocycles. The first-order chi connectivity index (χ1) is 16.2. The third kappa shape index (κ3) is 2.82. The highest BCUT2D eigenvalue weighted by atomic mass is 35.5. The number of benzene rings is 3. The molecule has 1 spiro atoms. The lowest BCUT2D eigenvalue weighted by Crippen LogP contribution is -2.69. The lowest BCUT2D eigenvalue weighted by molar-refractivity contribution is -0.0751. The number of nitrogens with zero attached hydrogens (tertiary/aromatic N) is 1. The highest BCUT2D eigenvalue weighted by Crippen LogP contribution is 2.63. The summed E-state index contributed by atoms with van der Waals surface area (Å²) in [6.07, 6.45) is 2.13.